The van der Waals surface area contributed by atoms with Crippen molar-refractivity contribution in [1.29, 1.82) is 0 Å². The highest BCUT2D eigenvalue weighted by Gasteiger charge is 2.41. The van der Waals surface area contributed by atoms with E-state index in [2.05, 4.69) is 0 Å². The van der Waals surface area contributed by atoms with E-state index in [1.165, 1.54) is 0 Å². The Morgan fingerprint density at radius 2 is 1.12 bits per heavy atom. The highest BCUT2D eigenvalue weighted by molar-refractivity contribution is 4.84. The average molecular weight is 248 g/mol. The minimum absolute atomic E-state index is 0.0588. The van der Waals surface area contributed by atoms with Gasteiger partial charge in [-0.05, 0) is 0 Å². The van der Waals surface area contributed by atoms with Gasteiger partial charge in [-0.25, -0.2) is 0 Å². The maximum absolute atomic E-state index is 8.78. The van der Waals surface area contributed by atoms with E-state index >= 15 is 0 Å². The summed E-state index contributed by atoms with van der Waals surface area (Å²) in [4.78, 5) is 0. The zero-order valence-electron chi connectivity index (χ0n) is 9.84. The van der Waals surface area contributed by atoms with Gasteiger partial charge in [-0.3, -0.25) is 0 Å². The van der Waals surface area contributed by atoms with Gasteiger partial charge in [0.2, 0.25) is 0 Å². The summed E-state index contributed by atoms with van der Waals surface area (Å²) in [6.45, 7) is 2.19. The number of rotatable bonds is 4. The first kappa shape index (κ1) is 13.2. The van der Waals surface area contributed by atoms with Crippen molar-refractivity contribution >= 4 is 0 Å². The van der Waals surface area contributed by atoms with Gasteiger partial charge in [0.05, 0.1) is 31.8 Å². The van der Waals surface area contributed by atoms with Crippen molar-refractivity contribution in [3.63, 3.8) is 0 Å². The third kappa shape index (κ3) is 3.37. The molecule has 1 spiro atoms. The van der Waals surface area contributed by atoms with Gasteiger partial charge in [-0.15, -0.1) is 0 Å². The van der Waals surface area contributed by atoms with Crippen LogP contribution in [0, 0.1) is 5.41 Å². The average Bonchev–Trinajstić information content (AvgIpc) is 2.36. The molecule has 0 unspecified atom stereocenters. The molecule has 6 nitrogen and oxygen atoms in total. The maximum atomic E-state index is 8.78. The Balaban J connectivity index is 1.76. The van der Waals surface area contributed by atoms with E-state index in [1.54, 1.807) is 0 Å². The number of hydrogen-bond donors (Lipinski definition) is 2. The first-order valence-electron chi connectivity index (χ1n) is 5.96. The molecule has 2 heterocycles. The molecule has 2 N–H and O–H groups in total. The van der Waals surface area contributed by atoms with Gasteiger partial charge in [0, 0.05) is 26.1 Å². The highest BCUT2D eigenvalue weighted by Crippen LogP contribution is 2.31. The van der Waals surface area contributed by atoms with Gasteiger partial charge < -0.3 is 29.2 Å². The third-order valence-electron chi connectivity index (χ3n) is 3.03. The zero-order chi connectivity index (χ0) is 12.1. The van der Waals surface area contributed by atoms with Gasteiger partial charge in [-0.2, -0.15) is 0 Å². The van der Waals surface area contributed by atoms with Crippen molar-refractivity contribution in [1.82, 2.24) is 0 Å². The Kier molecular flexibility index (Phi) is 4.72. The van der Waals surface area contributed by atoms with E-state index in [0.29, 0.717) is 39.3 Å². The Morgan fingerprint density at radius 3 is 1.41 bits per heavy atom. The summed E-state index contributed by atoms with van der Waals surface area (Å²) in [5, 5.41) is 17.6. The van der Waals surface area contributed by atoms with Crippen LogP contribution in [-0.2, 0) is 18.9 Å². The van der Waals surface area contributed by atoms with Crippen molar-refractivity contribution < 1.29 is 29.2 Å². The summed E-state index contributed by atoms with van der Waals surface area (Å²) in [6.07, 6.45) is 0.345. The van der Waals surface area contributed by atoms with Crippen LogP contribution in [0.3, 0.4) is 0 Å². The Morgan fingerprint density at radius 1 is 0.765 bits per heavy atom. The van der Waals surface area contributed by atoms with Crippen LogP contribution in [0.4, 0.5) is 0 Å². The largest absolute Gasteiger partial charge is 0.396 e. The van der Waals surface area contributed by atoms with Crippen LogP contribution in [0.15, 0.2) is 0 Å². The fourth-order valence-electron chi connectivity index (χ4n) is 1.97. The van der Waals surface area contributed by atoms with Crippen molar-refractivity contribution in [2.45, 2.75) is 25.4 Å². The summed E-state index contributed by atoms with van der Waals surface area (Å²) in [7, 11) is 0. The molecule has 0 radical (unpaired) electrons. The quantitative estimate of drug-likeness (QED) is 0.697. The van der Waals surface area contributed by atoms with Gasteiger partial charge in [-0.1, -0.05) is 0 Å². The van der Waals surface area contributed by atoms with Gasteiger partial charge in [0.1, 0.15) is 0 Å². The van der Waals surface area contributed by atoms with Crippen LogP contribution < -0.4 is 0 Å². The SMILES string of the molecule is OCCC1OCC2(CO1)COC(CCO)OC2. The van der Waals surface area contributed by atoms with Gasteiger partial charge in [0.25, 0.3) is 0 Å². The first-order chi connectivity index (χ1) is 8.28. The number of hydrogen-bond acceptors (Lipinski definition) is 6. The summed E-state index contributed by atoms with van der Waals surface area (Å²) in [5.74, 6) is 0. The lowest BCUT2D eigenvalue weighted by atomic mass is 9.90. The highest BCUT2D eigenvalue weighted by atomic mass is 16.7. The Hall–Kier alpha value is -0.240. The van der Waals surface area contributed by atoms with Crippen LogP contribution in [0.25, 0.3) is 0 Å². The predicted octanol–water partition coefficient (Wildman–Crippen LogP) is -0.517. The molecule has 0 atom stereocenters. The Labute approximate surface area is 100 Å². The molecule has 0 aromatic carbocycles. The van der Waals surface area contributed by atoms with E-state index in [-0.39, 0.29) is 31.2 Å². The molecule has 0 aromatic heterocycles. The molecule has 0 bridgehead atoms. The van der Waals surface area contributed by atoms with Crippen LogP contribution >= 0.6 is 0 Å². The molecule has 6 heteroatoms. The normalized spacial score (nSPS) is 38.5. The van der Waals surface area contributed by atoms with Gasteiger partial charge in [0.15, 0.2) is 12.6 Å². The van der Waals surface area contributed by atoms with Crippen molar-refractivity contribution in [3.05, 3.63) is 0 Å². The molecule has 17 heavy (non-hydrogen) atoms. The molecule has 0 aromatic rings. The molecule has 2 aliphatic rings. The minimum Gasteiger partial charge on any atom is -0.396 e. The second kappa shape index (κ2) is 6.08. The fraction of sp³-hybridized carbons (Fsp3) is 1.00. The molecule has 2 aliphatic heterocycles. The standard InChI is InChI=1S/C11H20O6/c12-3-1-9-14-5-11(6-15-9)7-16-10(2-4-13)17-8-11/h9-10,12-13H,1-8H2. The molecule has 0 aliphatic carbocycles. The van der Waals surface area contributed by atoms with Crippen molar-refractivity contribution in [2.24, 2.45) is 5.41 Å². The minimum atomic E-state index is -0.319. The molecule has 0 amide bonds. The molecular formula is C11H20O6. The van der Waals surface area contributed by atoms with E-state index in [0.717, 1.165) is 0 Å². The van der Waals surface area contributed by atoms with E-state index in [9.17, 15) is 0 Å². The number of aliphatic hydroxyl groups is 2. The monoisotopic (exact) mass is 248 g/mol. The Bertz CT molecular complexity index is 190. The van der Waals surface area contributed by atoms with Crippen LogP contribution in [-0.4, -0.2) is 62.4 Å². The maximum Gasteiger partial charge on any atom is 0.159 e. The lowest BCUT2D eigenvalue weighted by Gasteiger charge is -2.43. The zero-order valence-corrected chi connectivity index (χ0v) is 9.84. The van der Waals surface area contributed by atoms with E-state index in [1.807, 2.05) is 0 Å². The second-order valence-corrected chi connectivity index (χ2v) is 4.63. The smallest absolute Gasteiger partial charge is 0.159 e. The van der Waals surface area contributed by atoms with E-state index in [4.69, 9.17) is 29.2 Å². The summed E-state index contributed by atoms with van der Waals surface area (Å²) >= 11 is 0. The molecule has 0 saturated carbocycles. The predicted molar refractivity (Wildman–Crippen MR) is 57.2 cm³/mol. The molecule has 100 valence electrons. The first-order valence-corrected chi connectivity index (χ1v) is 5.96. The molecule has 2 rings (SSSR count). The fourth-order valence-corrected chi connectivity index (χ4v) is 1.97. The number of aliphatic hydroxyl groups excluding tert-OH is 2. The van der Waals surface area contributed by atoms with Crippen LogP contribution in [0.5, 0.6) is 0 Å². The van der Waals surface area contributed by atoms with Crippen LogP contribution in [0.2, 0.25) is 0 Å². The van der Waals surface area contributed by atoms with Crippen molar-refractivity contribution in [3.8, 4) is 0 Å². The number of ether oxygens (including phenoxy) is 4. The van der Waals surface area contributed by atoms with Gasteiger partial charge >= 0.3 is 0 Å². The van der Waals surface area contributed by atoms with Crippen LogP contribution in [0.1, 0.15) is 12.8 Å². The van der Waals surface area contributed by atoms with Crippen molar-refractivity contribution in [2.75, 3.05) is 39.6 Å². The topological polar surface area (TPSA) is 77.4 Å². The second-order valence-electron chi connectivity index (χ2n) is 4.63. The lowest BCUT2D eigenvalue weighted by molar-refractivity contribution is -0.305. The molecular weight excluding hydrogens is 228 g/mol. The summed E-state index contributed by atoms with van der Waals surface area (Å²) in [6, 6.07) is 0. The van der Waals surface area contributed by atoms with E-state index < -0.39 is 0 Å². The molecule has 2 saturated heterocycles. The lowest BCUT2D eigenvalue weighted by Crippen LogP contribution is -2.52. The summed E-state index contributed by atoms with van der Waals surface area (Å²) in [5.41, 5.74) is -0.238. The third-order valence-corrected chi connectivity index (χ3v) is 3.03. The summed E-state index contributed by atoms with van der Waals surface area (Å²) < 4.78 is 22.1. The molecule has 2 fully saturated rings.